The minimum Gasteiger partial charge on any atom is -0.497 e. The maximum absolute atomic E-state index is 7.83. The van der Waals surface area contributed by atoms with Gasteiger partial charge in [-0.25, -0.2) is 0 Å². The molecule has 2 aliphatic heterocycles. The van der Waals surface area contributed by atoms with Crippen molar-refractivity contribution in [2.45, 2.75) is 31.7 Å². The fraction of sp³-hybridized carbons (Fsp3) is 0.421. The lowest BCUT2D eigenvalue weighted by Crippen LogP contribution is -2.27. The van der Waals surface area contributed by atoms with Crippen LogP contribution in [0.25, 0.3) is 16.6 Å². The van der Waals surface area contributed by atoms with Gasteiger partial charge in [-0.15, -0.1) is 0 Å². The Morgan fingerprint density at radius 2 is 2.43 bits per heavy atom. The van der Waals surface area contributed by atoms with Crippen LogP contribution in [0.15, 0.2) is 29.3 Å². The average Bonchev–Trinajstić information content (AvgIpc) is 3.34. The number of fused-ring (bicyclic) bond motifs is 1. The van der Waals surface area contributed by atoms with Crippen LogP contribution in [0.1, 0.15) is 34.6 Å². The van der Waals surface area contributed by atoms with Gasteiger partial charge in [0.05, 0.1) is 18.5 Å². The summed E-state index contributed by atoms with van der Waals surface area (Å²) in [6, 6.07) is 5.98. The molecule has 1 fully saturated rings. The number of aromatic amines is 1. The molecule has 0 spiro atoms. The molecule has 2 aromatic rings. The van der Waals surface area contributed by atoms with E-state index in [-0.39, 0.29) is 6.04 Å². The lowest BCUT2D eigenvalue weighted by atomic mass is 9.99. The number of nitrogens with one attached hydrogen (secondary N) is 1. The van der Waals surface area contributed by atoms with E-state index in [0.717, 1.165) is 52.9 Å². The van der Waals surface area contributed by atoms with Gasteiger partial charge in [-0.05, 0) is 56.5 Å². The van der Waals surface area contributed by atoms with Crippen molar-refractivity contribution in [2.75, 3.05) is 20.6 Å². The maximum atomic E-state index is 7.83. The van der Waals surface area contributed by atoms with Crippen LogP contribution in [0.3, 0.4) is 0 Å². The first-order valence-corrected chi connectivity index (χ1v) is 8.16. The van der Waals surface area contributed by atoms with Crippen molar-refractivity contribution in [3.8, 4) is 5.75 Å². The molecule has 4 rings (SSSR count). The van der Waals surface area contributed by atoms with Crippen LogP contribution < -0.4 is 4.74 Å². The van der Waals surface area contributed by atoms with Crippen LogP contribution in [0.2, 0.25) is 0 Å². The quantitative estimate of drug-likeness (QED) is 0.936. The van der Waals surface area contributed by atoms with Crippen LogP contribution in [-0.2, 0) is 6.42 Å². The zero-order valence-corrected chi connectivity index (χ0v) is 13.3. The number of likely N-dealkylation sites (tertiary alicyclic amines) is 1. The van der Waals surface area contributed by atoms with Crippen molar-refractivity contribution >= 4 is 22.8 Å². The molecule has 1 aromatic carbocycles. The third-order valence-electron chi connectivity index (χ3n) is 4.83. The van der Waals surface area contributed by atoms with Gasteiger partial charge in [0.15, 0.2) is 0 Å². The summed E-state index contributed by atoms with van der Waals surface area (Å²) in [5.41, 5.74) is 4.09. The second-order valence-corrected chi connectivity index (χ2v) is 6.22. The van der Waals surface area contributed by atoms with Crippen molar-refractivity contribution < 1.29 is 8.85 Å². The van der Waals surface area contributed by atoms with E-state index in [2.05, 4.69) is 16.1 Å². The number of ether oxygens (including phenoxy) is 1. The molecule has 1 aromatic heterocycles. The minimum atomic E-state index is -2.05. The summed E-state index contributed by atoms with van der Waals surface area (Å²) in [6.07, 6.45) is 7.34. The molecule has 0 amide bonds. The van der Waals surface area contributed by atoms with Crippen LogP contribution in [0.4, 0.5) is 0 Å². The summed E-state index contributed by atoms with van der Waals surface area (Å²) in [5.74, 6) is 0.798. The standard InChI is InChI=1S/C19H23N3O/c1-22-10-4-5-13(22)11-16-15-12-14(23-2)7-8-17(15)21-19(16)18-6-3-9-20-18/h6-9,12-13,21H,3-5,10-11H2,1-2H3/t13-/m1/s1/i1D3. The molecule has 0 aliphatic carbocycles. The summed E-state index contributed by atoms with van der Waals surface area (Å²) in [4.78, 5) is 9.65. The number of aromatic nitrogens is 1. The minimum absolute atomic E-state index is 0.0115. The average molecular weight is 312 g/mol. The number of hydrogen-bond acceptors (Lipinski definition) is 3. The van der Waals surface area contributed by atoms with Gasteiger partial charge < -0.3 is 14.6 Å². The zero-order chi connectivity index (χ0) is 18.3. The van der Waals surface area contributed by atoms with Gasteiger partial charge in [0.2, 0.25) is 0 Å². The molecular weight excluding hydrogens is 286 g/mol. The summed E-state index contributed by atoms with van der Waals surface area (Å²) < 4.78 is 28.9. The molecule has 1 saturated heterocycles. The van der Waals surface area contributed by atoms with Crippen LogP contribution in [0.5, 0.6) is 5.75 Å². The molecule has 0 saturated carbocycles. The third kappa shape index (κ3) is 2.57. The first-order chi connectivity index (χ1) is 12.5. The van der Waals surface area contributed by atoms with Crippen molar-refractivity contribution in [2.24, 2.45) is 4.99 Å². The number of allylic oxidation sites excluding steroid dienone is 1. The highest BCUT2D eigenvalue weighted by Gasteiger charge is 2.25. The smallest absolute Gasteiger partial charge is 0.119 e. The highest BCUT2D eigenvalue weighted by atomic mass is 16.5. The largest absolute Gasteiger partial charge is 0.497 e. The first kappa shape index (κ1) is 11.5. The molecule has 2 aliphatic rings. The Hall–Kier alpha value is -2.07. The Kier molecular flexibility index (Phi) is 2.92. The van der Waals surface area contributed by atoms with E-state index in [4.69, 9.17) is 8.85 Å². The molecular formula is C19H23N3O. The molecule has 0 unspecified atom stereocenters. The number of H-pyrrole nitrogens is 1. The molecule has 1 N–H and O–H groups in total. The van der Waals surface area contributed by atoms with Crippen molar-refractivity contribution in [1.29, 1.82) is 0 Å². The molecule has 0 radical (unpaired) electrons. The maximum Gasteiger partial charge on any atom is 0.119 e. The molecule has 23 heavy (non-hydrogen) atoms. The molecule has 3 heterocycles. The Labute approximate surface area is 141 Å². The normalized spacial score (nSPS) is 23.8. The van der Waals surface area contributed by atoms with E-state index in [1.54, 1.807) is 12.0 Å². The SMILES string of the molecule is [2H]C([2H])([2H])N1CCC[C@@H]1Cc1c(C2=CCC=N2)[nH]c2ccc(OC)cc12. The second kappa shape index (κ2) is 5.85. The Bertz CT molecular complexity index is 882. The number of likely N-dealkylation sites (N-methyl/N-ethyl adjacent to an activating group) is 1. The lowest BCUT2D eigenvalue weighted by molar-refractivity contribution is 0.309. The summed E-state index contributed by atoms with van der Waals surface area (Å²) in [6.45, 7) is -1.42. The van der Waals surface area contributed by atoms with Crippen LogP contribution in [0, 0.1) is 0 Å². The van der Waals surface area contributed by atoms with Gasteiger partial charge in [0.1, 0.15) is 5.75 Å². The number of benzene rings is 1. The monoisotopic (exact) mass is 312 g/mol. The van der Waals surface area contributed by atoms with Gasteiger partial charge >= 0.3 is 0 Å². The third-order valence-corrected chi connectivity index (χ3v) is 4.83. The van der Waals surface area contributed by atoms with E-state index in [9.17, 15) is 0 Å². The summed E-state index contributed by atoms with van der Waals surface area (Å²) in [5, 5.41) is 1.08. The van der Waals surface area contributed by atoms with Crippen LogP contribution >= 0.6 is 0 Å². The molecule has 0 bridgehead atoms. The topological polar surface area (TPSA) is 40.6 Å². The number of rotatable bonds is 4. The van der Waals surface area contributed by atoms with E-state index in [1.165, 1.54) is 0 Å². The number of aliphatic imine (C=N–C) groups is 1. The highest BCUT2D eigenvalue weighted by Crippen LogP contribution is 2.34. The van der Waals surface area contributed by atoms with Gasteiger partial charge in [-0.1, -0.05) is 6.08 Å². The summed E-state index contributed by atoms with van der Waals surface area (Å²) >= 11 is 0. The van der Waals surface area contributed by atoms with Gasteiger partial charge in [0.25, 0.3) is 0 Å². The Morgan fingerprint density at radius 1 is 1.48 bits per heavy atom. The van der Waals surface area contributed by atoms with Crippen molar-refractivity contribution in [1.82, 2.24) is 9.88 Å². The highest BCUT2D eigenvalue weighted by molar-refractivity contribution is 5.92. The van der Waals surface area contributed by atoms with Crippen molar-refractivity contribution in [3.05, 3.63) is 35.5 Å². The van der Waals surface area contributed by atoms with E-state index >= 15 is 0 Å². The Balaban J connectivity index is 1.78. The molecule has 120 valence electrons. The molecule has 4 heteroatoms. The summed E-state index contributed by atoms with van der Waals surface area (Å²) in [7, 11) is 1.66. The fourth-order valence-electron chi connectivity index (χ4n) is 3.60. The van der Waals surface area contributed by atoms with E-state index in [1.807, 2.05) is 24.4 Å². The van der Waals surface area contributed by atoms with Gasteiger partial charge in [-0.3, -0.25) is 4.99 Å². The fourth-order valence-corrected chi connectivity index (χ4v) is 3.60. The Morgan fingerprint density at radius 3 is 3.22 bits per heavy atom. The van der Waals surface area contributed by atoms with E-state index in [0.29, 0.717) is 13.0 Å². The number of nitrogens with zero attached hydrogens (tertiary/aromatic N) is 2. The molecule has 1 atom stereocenters. The number of hydrogen-bond donors (Lipinski definition) is 1. The predicted molar refractivity (Wildman–Crippen MR) is 95.3 cm³/mol. The predicted octanol–water partition coefficient (Wildman–Crippen LogP) is 3.63. The van der Waals surface area contributed by atoms with Crippen molar-refractivity contribution in [3.63, 3.8) is 0 Å². The van der Waals surface area contributed by atoms with Crippen LogP contribution in [-0.4, -0.2) is 42.8 Å². The molecule has 4 nitrogen and oxygen atoms in total. The van der Waals surface area contributed by atoms with Gasteiger partial charge in [-0.2, -0.15) is 0 Å². The lowest BCUT2D eigenvalue weighted by Gasteiger charge is -2.19. The number of methoxy groups -OCH3 is 1. The zero-order valence-electron chi connectivity index (χ0n) is 16.3. The van der Waals surface area contributed by atoms with E-state index < -0.39 is 6.98 Å². The van der Waals surface area contributed by atoms with Gasteiger partial charge in [0, 0.05) is 33.7 Å². The second-order valence-electron chi connectivity index (χ2n) is 6.22. The first-order valence-electron chi connectivity index (χ1n) is 9.66.